The molecule has 0 saturated carbocycles. The van der Waals surface area contributed by atoms with E-state index in [1.54, 1.807) is 31.4 Å². The Labute approximate surface area is 159 Å². The Morgan fingerprint density at radius 2 is 1.56 bits per heavy atom. The van der Waals surface area contributed by atoms with Crippen LogP contribution in [0.1, 0.15) is 10.4 Å². The quantitative estimate of drug-likeness (QED) is 0.847. The van der Waals surface area contributed by atoms with E-state index in [-0.39, 0.29) is 5.91 Å². The predicted octanol–water partition coefficient (Wildman–Crippen LogP) is 2.03. The number of rotatable bonds is 5. The second-order valence-corrected chi connectivity index (χ2v) is 8.18. The molecule has 8 heteroatoms. The van der Waals surface area contributed by atoms with Crippen molar-refractivity contribution in [2.24, 2.45) is 0 Å². The van der Waals surface area contributed by atoms with Gasteiger partial charge in [-0.15, -0.1) is 0 Å². The molecule has 2 aromatic carbocycles. The first-order valence-corrected chi connectivity index (χ1v) is 10.5. The van der Waals surface area contributed by atoms with Crippen molar-refractivity contribution in [3.63, 3.8) is 0 Å². The van der Waals surface area contributed by atoms with Crippen LogP contribution >= 0.6 is 0 Å². The van der Waals surface area contributed by atoms with Crippen molar-refractivity contribution in [3.8, 4) is 5.75 Å². The Bertz CT molecular complexity index is 888. The minimum absolute atomic E-state index is 0.0460. The van der Waals surface area contributed by atoms with Crippen LogP contribution in [-0.4, -0.2) is 58.8 Å². The summed E-state index contributed by atoms with van der Waals surface area (Å²) < 4.78 is 30.1. The summed E-state index contributed by atoms with van der Waals surface area (Å²) in [6, 6.07) is 14.4. The van der Waals surface area contributed by atoms with Crippen LogP contribution in [0.3, 0.4) is 0 Å². The molecule has 1 aliphatic rings. The molecule has 2 aromatic rings. The van der Waals surface area contributed by atoms with Crippen molar-refractivity contribution in [2.45, 2.75) is 0 Å². The average molecular weight is 389 g/mol. The van der Waals surface area contributed by atoms with E-state index >= 15 is 0 Å². The van der Waals surface area contributed by atoms with Gasteiger partial charge >= 0.3 is 0 Å². The van der Waals surface area contributed by atoms with Crippen molar-refractivity contribution >= 4 is 27.3 Å². The van der Waals surface area contributed by atoms with Crippen LogP contribution in [0.5, 0.6) is 5.75 Å². The minimum atomic E-state index is -3.33. The number of hydrogen-bond donors (Lipinski definition) is 1. The molecule has 144 valence electrons. The summed E-state index contributed by atoms with van der Waals surface area (Å²) in [7, 11) is -1.68. The lowest BCUT2D eigenvalue weighted by molar-refractivity contribution is 0.0747. The molecule has 1 aliphatic heterocycles. The summed E-state index contributed by atoms with van der Waals surface area (Å²) in [5.41, 5.74) is 2.10. The summed E-state index contributed by atoms with van der Waals surface area (Å²) >= 11 is 0. The average Bonchev–Trinajstić information content (AvgIpc) is 2.67. The normalized spacial score (nSPS) is 14.7. The third-order valence-electron chi connectivity index (χ3n) is 4.44. The van der Waals surface area contributed by atoms with Gasteiger partial charge in [-0.3, -0.25) is 9.52 Å². The Hall–Kier alpha value is -2.74. The molecule has 0 radical (unpaired) electrons. The fraction of sp³-hybridized carbons (Fsp3) is 0.316. The van der Waals surface area contributed by atoms with Gasteiger partial charge in [-0.2, -0.15) is 0 Å². The lowest BCUT2D eigenvalue weighted by Crippen LogP contribution is -2.48. The predicted molar refractivity (Wildman–Crippen MR) is 106 cm³/mol. The number of nitrogens with one attached hydrogen (secondary N) is 1. The molecule has 1 fully saturated rings. The molecule has 0 aromatic heterocycles. The molecule has 0 bridgehead atoms. The van der Waals surface area contributed by atoms with E-state index in [1.807, 2.05) is 29.2 Å². The monoisotopic (exact) mass is 389 g/mol. The maximum absolute atomic E-state index is 12.7. The molecule has 1 heterocycles. The lowest BCUT2D eigenvalue weighted by Gasteiger charge is -2.36. The molecular formula is C19H23N3O4S. The number of nitrogens with zero attached hydrogens (tertiary/aromatic N) is 2. The zero-order valence-electron chi connectivity index (χ0n) is 15.4. The number of methoxy groups -OCH3 is 1. The Balaban J connectivity index is 1.59. The highest BCUT2D eigenvalue weighted by Crippen LogP contribution is 2.21. The number of benzene rings is 2. The lowest BCUT2D eigenvalue weighted by atomic mass is 10.1. The van der Waals surface area contributed by atoms with Crippen molar-refractivity contribution in [2.75, 3.05) is 49.2 Å². The molecule has 0 aliphatic carbocycles. The van der Waals surface area contributed by atoms with Crippen molar-refractivity contribution in [1.29, 1.82) is 0 Å². The van der Waals surface area contributed by atoms with Gasteiger partial charge in [-0.05, 0) is 48.5 Å². The topological polar surface area (TPSA) is 79.0 Å². The highest BCUT2D eigenvalue weighted by atomic mass is 32.2. The van der Waals surface area contributed by atoms with Gasteiger partial charge in [0.25, 0.3) is 5.91 Å². The van der Waals surface area contributed by atoms with Gasteiger partial charge in [-0.1, -0.05) is 0 Å². The number of piperazine rings is 1. The van der Waals surface area contributed by atoms with Gasteiger partial charge in [0, 0.05) is 43.1 Å². The van der Waals surface area contributed by atoms with Crippen LogP contribution < -0.4 is 14.4 Å². The maximum atomic E-state index is 12.7. The number of carbonyl (C=O) groups is 1. The minimum Gasteiger partial charge on any atom is -0.497 e. The molecule has 0 spiro atoms. The SMILES string of the molecule is COc1ccc(N2CCN(C(=O)c3ccc(NS(C)(=O)=O)cc3)CC2)cc1. The van der Waals surface area contributed by atoms with E-state index in [9.17, 15) is 13.2 Å². The van der Waals surface area contributed by atoms with Gasteiger partial charge in [0.1, 0.15) is 5.75 Å². The van der Waals surface area contributed by atoms with Crippen LogP contribution in [0, 0.1) is 0 Å². The fourth-order valence-electron chi connectivity index (χ4n) is 3.04. The van der Waals surface area contributed by atoms with Crippen molar-refractivity contribution in [1.82, 2.24) is 4.90 Å². The highest BCUT2D eigenvalue weighted by molar-refractivity contribution is 7.92. The van der Waals surface area contributed by atoms with Gasteiger partial charge in [0.05, 0.1) is 13.4 Å². The summed E-state index contributed by atoms with van der Waals surface area (Å²) in [4.78, 5) is 16.7. The van der Waals surface area contributed by atoms with E-state index < -0.39 is 10.0 Å². The Kier molecular flexibility index (Phi) is 5.55. The van der Waals surface area contributed by atoms with E-state index in [0.717, 1.165) is 30.8 Å². The van der Waals surface area contributed by atoms with Crippen molar-refractivity contribution < 1.29 is 17.9 Å². The zero-order valence-corrected chi connectivity index (χ0v) is 16.2. The molecule has 1 amide bonds. The number of carbonyl (C=O) groups excluding carboxylic acids is 1. The van der Waals surface area contributed by atoms with E-state index in [2.05, 4.69) is 9.62 Å². The first-order chi connectivity index (χ1) is 12.9. The number of hydrogen-bond acceptors (Lipinski definition) is 5. The molecule has 1 N–H and O–H groups in total. The molecule has 27 heavy (non-hydrogen) atoms. The molecule has 7 nitrogen and oxygen atoms in total. The summed E-state index contributed by atoms with van der Waals surface area (Å²) in [5, 5.41) is 0. The first kappa shape index (κ1) is 19.0. The maximum Gasteiger partial charge on any atom is 0.253 e. The molecule has 0 unspecified atom stereocenters. The summed E-state index contributed by atoms with van der Waals surface area (Å²) in [6.45, 7) is 2.78. The molecule has 0 atom stereocenters. The number of amides is 1. The van der Waals surface area contributed by atoms with Gasteiger partial charge in [0.2, 0.25) is 10.0 Å². The fourth-order valence-corrected chi connectivity index (χ4v) is 3.60. The number of sulfonamides is 1. The third-order valence-corrected chi connectivity index (χ3v) is 5.05. The van der Waals surface area contributed by atoms with E-state index in [0.29, 0.717) is 24.3 Å². The second-order valence-electron chi connectivity index (χ2n) is 6.43. The van der Waals surface area contributed by atoms with Crippen LogP contribution in [0.4, 0.5) is 11.4 Å². The molecular weight excluding hydrogens is 366 g/mol. The largest absolute Gasteiger partial charge is 0.497 e. The van der Waals surface area contributed by atoms with Crippen LogP contribution in [0.2, 0.25) is 0 Å². The molecule has 1 saturated heterocycles. The third kappa shape index (κ3) is 4.91. The first-order valence-electron chi connectivity index (χ1n) is 8.62. The Morgan fingerprint density at radius 1 is 0.963 bits per heavy atom. The highest BCUT2D eigenvalue weighted by Gasteiger charge is 2.22. The molecule has 3 rings (SSSR count). The van der Waals surface area contributed by atoms with Crippen LogP contribution in [0.25, 0.3) is 0 Å². The number of anilines is 2. The summed E-state index contributed by atoms with van der Waals surface area (Å²) in [5.74, 6) is 0.775. The smallest absolute Gasteiger partial charge is 0.253 e. The second kappa shape index (κ2) is 7.87. The van der Waals surface area contributed by atoms with Gasteiger partial charge < -0.3 is 14.5 Å². The van der Waals surface area contributed by atoms with Crippen molar-refractivity contribution in [3.05, 3.63) is 54.1 Å². The Morgan fingerprint density at radius 3 is 2.07 bits per heavy atom. The van der Waals surface area contributed by atoms with E-state index in [1.165, 1.54) is 0 Å². The van der Waals surface area contributed by atoms with Gasteiger partial charge in [0.15, 0.2) is 0 Å². The number of ether oxygens (including phenoxy) is 1. The summed E-state index contributed by atoms with van der Waals surface area (Å²) in [6.07, 6.45) is 1.09. The van der Waals surface area contributed by atoms with Crippen LogP contribution in [-0.2, 0) is 10.0 Å². The zero-order chi connectivity index (χ0) is 19.4. The van der Waals surface area contributed by atoms with Gasteiger partial charge in [-0.25, -0.2) is 8.42 Å². The standard InChI is InChI=1S/C19H23N3O4S/c1-26-18-9-7-17(8-10-18)21-11-13-22(14-12-21)19(23)15-3-5-16(6-4-15)20-27(2,24)25/h3-10,20H,11-14H2,1-2H3. The van der Waals surface area contributed by atoms with E-state index in [4.69, 9.17) is 4.74 Å². The van der Waals surface area contributed by atoms with Crippen LogP contribution in [0.15, 0.2) is 48.5 Å².